The number of rotatable bonds is 1. The van der Waals surface area contributed by atoms with Crippen molar-refractivity contribution in [3.8, 4) is 23.0 Å². The highest BCUT2D eigenvalue weighted by Gasteiger charge is 2.43. The zero-order chi connectivity index (χ0) is 22.3. The quantitative estimate of drug-likeness (QED) is 0.632. The molecule has 0 radical (unpaired) electrons. The first-order valence-electron chi connectivity index (χ1n) is 11.5. The maximum Gasteiger partial charge on any atom is 0.231 e. The van der Waals surface area contributed by atoms with Crippen molar-refractivity contribution in [2.75, 3.05) is 20.1 Å². The number of hydrogen-bond acceptors (Lipinski definition) is 6. The normalized spacial score (nSPS) is 23.7. The zero-order valence-corrected chi connectivity index (χ0v) is 18.8. The third-order valence-corrected chi connectivity index (χ3v) is 7.38. The summed E-state index contributed by atoms with van der Waals surface area (Å²) in [5, 5.41) is 0. The molecule has 0 amide bonds. The van der Waals surface area contributed by atoms with Crippen molar-refractivity contribution >= 4 is 11.5 Å². The Morgan fingerprint density at radius 1 is 0.909 bits per heavy atom. The first-order valence-corrected chi connectivity index (χ1v) is 11.5. The van der Waals surface area contributed by atoms with Crippen LogP contribution in [0.5, 0.6) is 23.0 Å². The maximum absolute atomic E-state index is 13.5. The number of Topliss-reactive ketones (excluding diaryl/α,β-unsaturated/α-hetero) is 1. The molecule has 0 unspecified atom stereocenters. The lowest BCUT2D eigenvalue weighted by atomic mass is 9.69. The molecule has 168 valence electrons. The highest BCUT2D eigenvalue weighted by atomic mass is 16.7. The Hall–Kier alpha value is -3.41. The van der Waals surface area contributed by atoms with Crippen molar-refractivity contribution in [2.24, 2.45) is 5.41 Å². The van der Waals surface area contributed by atoms with Crippen LogP contribution in [0.3, 0.4) is 0 Å². The summed E-state index contributed by atoms with van der Waals surface area (Å²) in [6.45, 7) is 5.74. The van der Waals surface area contributed by atoms with E-state index in [-0.39, 0.29) is 30.7 Å². The largest absolute Gasteiger partial charge is 0.454 e. The molecule has 0 bridgehead atoms. The first kappa shape index (κ1) is 19.1. The van der Waals surface area contributed by atoms with E-state index in [0.29, 0.717) is 6.42 Å². The number of nitrogens with zero attached hydrogens (tertiary/aromatic N) is 1. The Morgan fingerprint density at radius 3 is 2.45 bits per heavy atom. The number of carbonyl (C=O) groups is 1. The summed E-state index contributed by atoms with van der Waals surface area (Å²) in [6, 6.07) is 10.3. The average molecular weight is 443 g/mol. The van der Waals surface area contributed by atoms with Gasteiger partial charge in [-0.05, 0) is 59.7 Å². The minimum absolute atomic E-state index is 0.0625. The molecule has 6 nitrogen and oxygen atoms in total. The maximum atomic E-state index is 13.5. The van der Waals surface area contributed by atoms with Crippen LogP contribution in [-0.2, 0) is 11.2 Å². The predicted octanol–water partition coefficient (Wildman–Crippen LogP) is 4.78. The van der Waals surface area contributed by atoms with Crippen molar-refractivity contribution in [3.05, 3.63) is 64.4 Å². The van der Waals surface area contributed by atoms with Crippen molar-refractivity contribution in [1.29, 1.82) is 0 Å². The van der Waals surface area contributed by atoms with Crippen LogP contribution in [-0.4, -0.2) is 30.8 Å². The molecule has 0 saturated heterocycles. The number of ketones is 1. The number of benzene rings is 2. The highest BCUT2D eigenvalue weighted by Crippen LogP contribution is 2.52. The summed E-state index contributed by atoms with van der Waals surface area (Å²) in [4.78, 5) is 15.9. The number of hydrogen-bond donors (Lipinski definition) is 0. The van der Waals surface area contributed by atoms with Crippen LogP contribution >= 0.6 is 0 Å². The monoisotopic (exact) mass is 443 g/mol. The molecule has 0 saturated carbocycles. The summed E-state index contributed by atoms with van der Waals surface area (Å²) < 4.78 is 22.5. The van der Waals surface area contributed by atoms with Gasteiger partial charge >= 0.3 is 0 Å². The minimum Gasteiger partial charge on any atom is -0.454 e. The van der Waals surface area contributed by atoms with Crippen molar-refractivity contribution < 1.29 is 23.7 Å². The standard InChI is InChI=1S/C27H25NO5/c1-27(2)11-20-26(21(29)12-27)18(15-3-4-22-23(7-15)31-13-30-22)9-19-17-10-25-24(32-14-33-25)8-16(17)5-6-28(19)20/h3-4,7-10,18H,5-6,11-14H2,1-2H3/t18-/m0/s1. The Labute approximate surface area is 192 Å². The summed E-state index contributed by atoms with van der Waals surface area (Å²) in [5.74, 6) is 3.23. The van der Waals surface area contributed by atoms with E-state index < -0.39 is 0 Å². The lowest BCUT2D eigenvalue weighted by Gasteiger charge is -2.46. The molecule has 7 rings (SSSR count). The predicted molar refractivity (Wildman–Crippen MR) is 121 cm³/mol. The van der Waals surface area contributed by atoms with E-state index in [9.17, 15) is 4.79 Å². The smallest absolute Gasteiger partial charge is 0.231 e. The van der Waals surface area contributed by atoms with E-state index >= 15 is 0 Å². The summed E-state index contributed by atoms with van der Waals surface area (Å²) in [5.41, 5.74) is 6.67. The second-order valence-electron chi connectivity index (χ2n) is 10.2. The molecule has 4 aliphatic heterocycles. The van der Waals surface area contributed by atoms with Gasteiger partial charge in [0.05, 0.1) is 0 Å². The van der Waals surface area contributed by atoms with E-state index in [1.54, 1.807) is 0 Å². The molecule has 2 aromatic rings. The van der Waals surface area contributed by atoms with Crippen molar-refractivity contribution in [1.82, 2.24) is 4.90 Å². The SMILES string of the molecule is CC1(C)CC(=O)C2=C(C1)N1CCc3cc4c(cc3C1=C[C@H]2c1ccc2c(c1)OCO2)OCO4. The van der Waals surface area contributed by atoms with Gasteiger partial charge in [0.15, 0.2) is 28.8 Å². The number of ether oxygens (including phenoxy) is 4. The Kier molecular flexibility index (Phi) is 3.80. The molecular formula is C27H25NO5. The minimum atomic E-state index is -0.124. The van der Waals surface area contributed by atoms with Crippen LogP contribution in [0.1, 0.15) is 49.3 Å². The Bertz CT molecular complexity index is 1290. The van der Waals surface area contributed by atoms with Crippen LogP contribution in [0, 0.1) is 5.41 Å². The second kappa shape index (κ2) is 6.56. The van der Waals surface area contributed by atoms with Gasteiger partial charge in [0.2, 0.25) is 13.6 Å². The van der Waals surface area contributed by atoms with Gasteiger partial charge in [0.25, 0.3) is 0 Å². The first-order chi connectivity index (χ1) is 16.0. The van der Waals surface area contributed by atoms with Gasteiger partial charge in [-0.1, -0.05) is 19.9 Å². The summed E-state index contributed by atoms with van der Waals surface area (Å²) in [7, 11) is 0. The van der Waals surface area contributed by atoms with Gasteiger partial charge in [-0.3, -0.25) is 4.79 Å². The molecule has 4 heterocycles. The van der Waals surface area contributed by atoms with Crippen molar-refractivity contribution in [3.63, 3.8) is 0 Å². The van der Waals surface area contributed by atoms with Crippen LogP contribution in [0.15, 0.2) is 47.7 Å². The third kappa shape index (κ3) is 2.82. The van der Waals surface area contributed by atoms with Gasteiger partial charge in [0, 0.05) is 41.4 Å². The Morgan fingerprint density at radius 2 is 1.64 bits per heavy atom. The molecule has 5 aliphatic rings. The van der Waals surface area contributed by atoms with Gasteiger partial charge in [0.1, 0.15) is 0 Å². The second-order valence-corrected chi connectivity index (χ2v) is 10.2. The van der Waals surface area contributed by atoms with E-state index in [0.717, 1.165) is 59.2 Å². The fraction of sp³-hybridized carbons (Fsp3) is 0.370. The number of fused-ring (bicyclic) bond motifs is 6. The van der Waals surface area contributed by atoms with E-state index in [1.807, 2.05) is 12.1 Å². The van der Waals surface area contributed by atoms with Crippen LogP contribution in [0.4, 0.5) is 0 Å². The van der Waals surface area contributed by atoms with Gasteiger partial charge in [-0.15, -0.1) is 0 Å². The molecular weight excluding hydrogens is 418 g/mol. The van der Waals surface area contributed by atoms with Crippen LogP contribution in [0.25, 0.3) is 5.70 Å². The van der Waals surface area contributed by atoms with E-state index in [2.05, 4.69) is 43.0 Å². The summed E-state index contributed by atoms with van der Waals surface area (Å²) in [6.07, 6.45) is 4.61. The van der Waals surface area contributed by atoms with Gasteiger partial charge < -0.3 is 23.8 Å². The van der Waals surface area contributed by atoms with Gasteiger partial charge in [-0.2, -0.15) is 0 Å². The van der Waals surface area contributed by atoms with Crippen molar-refractivity contribution in [2.45, 2.75) is 39.0 Å². The number of allylic oxidation sites excluding steroid dienone is 3. The molecule has 6 heteroatoms. The summed E-state index contributed by atoms with van der Waals surface area (Å²) >= 11 is 0. The Balaban J connectivity index is 1.42. The molecule has 0 N–H and O–H groups in total. The molecule has 1 atom stereocenters. The molecule has 2 aromatic carbocycles. The fourth-order valence-electron chi connectivity index (χ4n) is 5.89. The van der Waals surface area contributed by atoms with Gasteiger partial charge in [-0.25, -0.2) is 0 Å². The third-order valence-electron chi connectivity index (χ3n) is 7.38. The lowest BCUT2D eigenvalue weighted by Crippen LogP contribution is -2.40. The zero-order valence-electron chi connectivity index (χ0n) is 18.8. The molecule has 33 heavy (non-hydrogen) atoms. The molecule has 0 spiro atoms. The molecule has 1 aliphatic carbocycles. The van der Waals surface area contributed by atoms with E-state index in [1.165, 1.54) is 16.8 Å². The number of carbonyl (C=O) groups excluding carboxylic acids is 1. The average Bonchev–Trinajstić information content (AvgIpc) is 3.44. The van der Waals surface area contributed by atoms with E-state index in [4.69, 9.17) is 18.9 Å². The van der Waals surface area contributed by atoms with Crippen LogP contribution < -0.4 is 18.9 Å². The molecule has 0 fully saturated rings. The fourth-order valence-corrected chi connectivity index (χ4v) is 5.89. The topological polar surface area (TPSA) is 57.2 Å². The lowest BCUT2D eigenvalue weighted by molar-refractivity contribution is -0.118. The van der Waals surface area contributed by atoms with Crippen LogP contribution in [0.2, 0.25) is 0 Å². The highest BCUT2D eigenvalue weighted by molar-refractivity contribution is 6.01. The molecule has 0 aromatic heterocycles.